The number of nitrogens with zero attached hydrogens (tertiary/aromatic N) is 4. The van der Waals surface area contributed by atoms with Crippen LogP contribution in [-0.2, 0) is 7.05 Å². The predicted octanol–water partition coefficient (Wildman–Crippen LogP) is 2.72. The lowest BCUT2D eigenvalue weighted by Crippen LogP contribution is -2.01. The third kappa shape index (κ3) is 2.24. The zero-order valence-electron chi connectivity index (χ0n) is 12.5. The maximum Gasteiger partial charge on any atom is 0.134 e. The van der Waals surface area contributed by atoms with Gasteiger partial charge in [0.05, 0.1) is 0 Å². The summed E-state index contributed by atoms with van der Waals surface area (Å²) in [6, 6.07) is 9.73. The highest BCUT2D eigenvalue weighted by atomic mass is 16.5. The van der Waals surface area contributed by atoms with Gasteiger partial charge >= 0.3 is 0 Å². The second kappa shape index (κ2) is 5.24. The Kier molecular flexibility index (Phi) is 3.08. The zero-order valence-corrected chi connectivity index (χ0v) is 12.5. The Hall–Kier alpha value is -3.15. The van der Waals surface area contributed by atoms with Gasteiger partial charge in [-0.05, 0) is 29.8 Å². The van der Waals surface area contributed by atoms with Crippen LogP contribution in [0.1, 0.15) is 5.56 Å². The van der Waals surface area contributed by atoms with E-state index in [0.29, 0.717) is 12.3 Å². The number of aromatic nitrogens is 3. The number of fused-ring (bicyclic) bond motifs is 1. The van der Waals surface area contributed by atoms with Gasteiger partial charge in [-0.1, -0.05) is 11.2 Å². The first-order valence-corrected chi connectivity index (χ1v) is 7.19. The van der Waals surface area contributed by atoms with Crippen molar-refractivity contribution in [2.75, 3.05) is 6.61 Å². The van der Waals surface area contributed by atoms with Gasteiger partial charge in [0.15, 0.2) is 0 Å². The highest BCUT2D eigenvalue weighted by Gasteiger charge is 2.21. The van der Waals surface area contributed by atoms with E-state index in [1.807, 2.05) is 43.6 Å². The molecule has 6 heteroatoms. The van der Waals surface area contributed by atoms with Crippen molar-refractivity contribution in [3.05, 3.63) is 54.5 Å². The molecule has 1 N–H and O–H groups in total. The number of rotatable bonds is 2. The minimum absolute atomic E-state index is 0.291. The Morgan fingerprint density at radius 3 is 2.74 bits per heavy atom. The van der Waals surface area contributed by atoms with Crippen LogP contribution < -0.4 is 4.74 Å². The molecular formula is C17H14N4O2. The van der Waals surface area contributed by atoms with Crippen molar-refractivity contribution in [3.63, 3.8) is 0 Å². The van der Waals surface area contributed by atoms with Crippen LogP contribution in [0.3, 0.4) is 0 Å². The number of pyridine rings is 1. The highest BCUT2D eigenvalue weighted by Crippen LogP contribution is 2.35. The highest BCUT2D eigenvalue weighted by molar-refractivity contribution is 6.06. The van der Waals surface area contributed by atoms with Crippen molar-refractivity contribution < 1.29 is 9.94 Å². The largest absolute Gasteiger partial charge is 0.486 e. The van der Waals surface area contributed by atoms with E-state index in [1.54, 1.807) is 17.1 Å². The van der Waals surface area contributed by atoms with E-state index in [0.717, 1.165) is 33.7 Å². The van der Waals surface area contributed by atoms with Gasteiger partial charge in [0.25, 0.3) is 0 Å². The fourth-order valence-electron chi connectivity index (χ4n) is 2.78. The molecule has 3 aromatic rings. The zero-order chi connectivity index (χ0) is 15.8. The standard InChI is InChI=1S/C17H14N4O2/c1-21-9-14(17(19-21)11-4-6-18-7-5-11)12-2-3-13-15(20-22)10-23-16(13)8-12/h2-9,22H,10H2,1H3. The summed E-state index contributed by atoms with van der Waals surface area (Å²) in [6.07, 6.45) is 5.49. The molecule has 6 nitrogen and oxygen atoms in total. The van der Waals surface area contributed by atoms with Crippen molar-refractivity contribution in [2.45, 2.75) is 0 Å². The molecular weight excluding hydrogens is 292 g/mol. The molecule has 1 aliphatic rings. The Labute approximate surface area is 132 Å². The van der Waals surface area contributed by atoms with E-state index in [2.05, 4.69) is 15.2 Å². The Bertz CT molecular complexity index is 900. The minimum Gasteiger partial charge on any atom is -0.486 e. The Morgan fingerprint density at radius 2 is 1.96 bits per heavy atom. The van der Waals surface area contributed by atoms with Gasteiger partial charge in [-0.2, -0.15) is 5.10 Å². The van der Waals surface area contributed by atoms with Crippen LogP contribution in [0, 0.1) is 0 Å². The first-order valence-electron chi connectivity index (χ1n) is 7.19. The third-order valence-corrected chi connectivity index (χ3v) is 3.87. The number of hydrogen-bond acceptors (Lipinski definition) is 5. The van der Waals surface area contributed by atoms with Crippen LogP contribution in [-0.4, -0.2) is 32.3 Å². The molecule has 2 aromatic heterocycles. The van der Waals surface area contributed by atoms with E-state index in [4.69, 9.17) is 9.94 Å². The molecule has 0 spiro atoms. The van der Waals surface area contributed by atoms with Gasteiger partial charge in [0.1, 0.15) is 23.8 Å². The molecule has 0 fully saturated rings. The van der Waals surface area contributed by atoms with Gasteiger partial charge in [0.2, 0.25) is 0 Å². The molecule has 0 atom stereocenters. The normalized spacial score (nSPS) is 14.7. The van der Waals surface area contributed by atoms with Crippen LogP contribution in [0.15, 0.2) is 54.1 Å². The summed E-state index contributed by atoms with van der Waals surface area (Å²) in [6.45, 7) is 0.291. The quantitative estimate of drug-likeness (QED) is 0.583. The predicted molar refractivity (Wildman–Crippen MR) is 85.7 cm³/mol. The molecule has 0 radical (unpaired) electrons. The Morgan fingerprint density at radius 1 is 1.13 bits per heavy atom. The number of ether oxygens (including phenoxy) is 1. The van der Waals surface area contributed by atoms with Crippen LogP contribution in [0.4, 0.5) is 0 Å². The second-order valence-corrected chi connectivity index (χ2v) is 5.35. The molecule has 0 saturated carbocycles. The van der Waals surface area contributed by atoms with Gasteiger partial charge in [0, 0.05) is 42.3 Å². The van der Waals surface area contributed by atoms with Gasteiger partial charge in [-0.3, -0.25) is 9.67 Å². The molecule has 0 saturated heterocycles. The monoisotopic (exact) mass is 306 g/mol. The number of hydrogen-bond donors (Lipinski definition) is 1. The van der Waals surface area contributed by atoms with Gasteiger partial charge in [-0.15, -0.1) is 0 Å². The SMILES string of the molecule is Cn1cc(-c2ccc3c(c2)OCC3=NO)c(-c2ccncc2)n1. The fraction of sp³-hybridized carbons (Fsp3) is 0.118. The van der Waals surface area contributed by atoms with Gasteiger partial charge in [-0.25, -0.2) is 0 Å². The molecule has 1 aromatic carbocycles. The number of benzene rings is 1. The molecule has 1 aliphatic heterocycles. The molecule has 4 rings (SSSR count). The average molecular weight is 306 g/mol. The summed E-state index contributed by atoms with van der Waals surface area (Å²) in [5, 5.41) is 16.8. The van der Waals surface area contributed by atoms with Crippen LogP contribution in [0.5, 0.6) is 5.75 Å². The molecule has 0 bridgehead atoms. The summed E-state index contributed by atoms with van der Waals surface area (Å²) in [5.41, 5.74) is 5.29. The molecule has 0 amide bonds. The Balaban J connectivity index is 1.84. The van der Waals surface area contributed by atoms with Crippen LogP contribution in [0.25, 0.3) is 22.4 Å². The maximum atomic E-state index is 8.98. The maximum absolute atomic E-state index is 8.98. The number of oxime groups is 1. The fourth-order valence-corrected chi connectivity index (χ4v) is 2.78. The van der Waals surface area contributed by atoms with E-state index >= 15 is 0 Å². The molecule has 0 aliphatic carbocycles. The molecule has 23 heavy (non-hydrogen) atoms. The minimum atomic E-state index is 0.291. The topological polar surface area (TPSA) is 72.5 Å². The van der Waals surface area contributed by atoms with Crippen LogP contribution >= 0.6 is 0 Å². The average Bonchev–Trinajstić information content (AvgIpc) is 3.18. The van der Waals surface area contributed by atoms with E-state index in [-0.39, 0.29) is 0 Å². The first-order chi connectivity index (χ1) is 11.3. The summed E-state index contributed by atoms with van der Waals surface area (Å²) in [4.78, 5) is 4.05. The van der Waals surface area contributed by atoms with Crippen LogP contribution in [0.2, 0.25) is 0 Å². The third-order valence-electron chi connectivity index (χ3n) is 3.87. The lowest BCUT2D eigenvalue weighted by molar-refractivity contribution is 0.313. The van der Waals surface area contributed by atoms with Crippen molar-refractivity contribution in [3.8, 4) is 28.1 Å². The first kappa shape index (κ1) is 13.5. The van der Waals surface area contributed by atoms with Crippen molar-refractivity contribution >= 4 is 5.71 Å². The number of aryl methyl sites for hydroxylation is 1. The smallest absolute Gasteiger partial charge is 0.134 e. The lowest BCUT2D eigenvalue weighted by Gasteiger charge is -2.05. The molecule has 3 heterocycles. The lowest BCUT2D eigenvalue weighted by atomic mass is 10.00. The molecule has 0 unspecified atom stereocenters. The van der Waals surface area contributed by atoms with E-state index in [9.17, 15) is 0 Å². The summed E-state index contributed by atoms with van der Waals surface area (Å²) < 4.78 is 7.38. The summed E-state index contributed by atoms with van der Waals surface area (Å²) in [5.74, 6) is 0.722. The summed E-state index contributed by atoms with van der Waals surface area (Å²) >= 11 is 0. The van der Waals surface area contributed by atoms with Crippen molar-refractivity contribution in [1.82, 2.24) is 14.8 Å². The van der Waals surface area contributed by atoms with E-state index in [1.165, 1.54) is 0 Å². The van der Waals surface area contributed by atoms with E-state index < -0.39 is 0 Å². The molecule has 114 valence electrons. The summed E-state index contributed by atoms with van der Waals surface area (Å²) in [7, 11) is 1.90. The van der Waals surface area contributed by atoms with Crippen molar-refractivity contribution in [2.24, 2.45) is 12.2 Å². The second-order valence-electron chi connectivity index (χ2n) is 5.35. The van der Waals surface area contributed by atoms with Crippen molar-refractivity contribution in [1.29, 1.82) is 0 Å². The van der Waals surface area contributed by atoms with Gasteiger partial charge < -0.3 is 9.94 Å².